The molecule has 0 aliphatic carbocycles. The Hall–Kier alpha value is -1.36. The second-order valence-electron chi connectivity index (χ2n) is 3.55. The molecule has 0 saturated carbocycles. The van der Waals surface area contributed by atoms with Crippen molar-refractivity contribution in [3.05, 3.63) is 53.6 Å². The summed E-state index contributed by atoms with van der Waals surface area (Å²) in [6.45, 7) is 0. The maximum Gasteiger partial charge on any atom is 0.238 e. The van der Waals surface area contributed by atoms with Crippen LogP contribution in [0.5, 0.6) is 0 Å². The standard InChI is InChI=1S/C12H10ClNO2S/c13-12-4-2-1-3-11(12)9-5-7-10(8-6-9)17(14,15)16/h1-8H,(H2,14,15,16). The van der Waals surface area contributed by atoms with Crippen molar-refractivity contribution in [1.29, 1.82) is 0 Å². The number of sulfonamides is 1. The van der Waals surface area contributed by atoms with Gasteiger partial charge in [0.2, 0.25) is 10.0 Å². The van der Waals surface area contributed by atoms with Gasteiger partial charge in [-0.3, -0.25) is 0 Å². The topological polar surface area (TPSA) is 60.2 Å². The Morgan fingerprint density at radius 1 is 0.941 bits per heavy atom. The van der Waals surface area contributed by atoms with Crippen molar-refractivity contribution in [3.8, 4) is 11.1 Å². The summed E-state index contributed by atoms with van der Waals surface area (Å²) in [4.78, 5) is 0.0910. The third-order valence-corrected chi connectivity index (χ3v) is 3.63. The summed E-state index contributed by atoms with van der Waals surface area (Å²) in [7, 11) is -3.64. The molecular formula is C12H10ClNO2S. The second kappa shape index (κ2) is 4.49. The summed E-state index contributed by atoms with van der Waals surface area (Å²) < 4.78 is 22.2. The highest BCUT2D eigenvalue weighted by Crippen LogP contribution is 2.27. The largest absolute Gasteiger partial charge is 0.238 e. The first-order valence-electron chi connectivity index (χ1n) is 4.86. The molecule has 0 aliphatic heterocycles. The SMILES string of the molecule is NS(=O)(=O)c1ccc(-c2ccccc2Cl)cc1. The van der Waals surface area contributed by atoms with Crippen LogP contribution in [0, 0.1) is 0 Å². The molecule has 2 aromatic rings. The lowest BCUT2D eigenvalue weighted by Crippen LogP contribution is -2.11. The van der Waals surface area contributed by atoms with Crippen molar-refractivity contribution in [2.45, 2.75) is 4.90 Å². The molecule has 2 aromatic carbocycles. The number of benzene rings is 2. The van der Waals surface area contributed by atoms with Crippen molar-refractivity contribution in [2.24, 2.45) is 5.14 Å². The van der Waals surface area contributed by atoms with Crippen LogP contribution >= 0.6 is 11.6 Å². The quantitative estimate of drug-likeness (QED) is 0.909. The summed E-state index contributed by atoms with van der Waals surface area (Å²) in [6.07, 6.45) is 0. The maximum atomic E-state index is 11.1. The van der Waals surface area contributed by atoms with Gasteiger partial charge in [0.15, 0.2) is 0 Å². The number of nitrogens with two attached hydrogens (primary N) is 1. The summed E-state index contributed by atoms with van der Waals surface area (Å²) in [5.74, 6) is 0. The predicted molar refractivity (Wildman–Crippen MR) is 68.3 cm³/mol. The van der Waals surface area contributed by atoms with Crippen LogP contribution in [0.2, 0.25) is 5.02 Å². The number of primary sulfonamides is 1. The van der Waals surface area contributed by atoms with Crippen molar-refractivity contribution in [2.75, 3.05) is 0 Å². The average Bonchev–Trinajstić information content (AvgIpc) is 2.29. The van der Waals surface area contributed by atoms with E-state index in [9.17, 15) is 8.42 Å². The fourth-order valence-electron chi connectivity index (χ4n) is 1.52. The van der Waals surface area contributed by atoms with Crippen LogP contribution in [0.4, 0.5) is 0 Å². The fourth-order valence-corrected chi connectivity index (χ4v) is 2.28. The average molecular weight is 268 g/mol. The van der Waals surface area contributed by atoms with Gasteiger partial charge in [0.25, 0.3) is 0 Å². The van der Waals surface area contributed by atoms with Crippen LogP contribution in [0.15, 0.2) is 53.4 Å². The molecule has 0 atom stereocenters. The van der Waals surface area contributed by atoms with E-state index in [1.54, 1.807) is 18.2 Å². The van der Waals surface area contributed by atoms with Crippen LogP contribution < -0.4 is 5.14 Å². The number of hydrogen-bond acceptors (Lipinski definition) is 2. The number of rotatable bonds is 2. The van der Waals surface area contributed by atoms with Crippen molar-refractivity contribution >= 4 is 21.6 Å². The van der Waals surface area contributed by atoms with Gasteiger partial charge in [0.1, 0.15) is 0 Å². The lowest BCUT2D eigenvalue weighted by Gasteiger charge is -2.05. The van der Waals surface area contributed by atoms with Gasteiger partial charge in [-0.25, -0.2) is 13.6 Å². The Morgan fingerprint density at radius 2 is 1.53 bits per heavy atom. The first-order chi connectivity index (χ1) is 7.98. The molecule has 3 nitrogen and oxygen atoms in total. The third-order valence-electron chi connectivity index (χ3n) is 2.37. The van der Waals surface area contributed by atoms with Gasteiger partial charge >= 0.3 is 0 Å². The Bertz CT molecular complexity index is 636. The lowest BCUT2D eigenvalue weighted by molar-refractivity contribution is 0.598. The van der Waals surface area contributed by atoms with Crippen LogP contribution in [0.3, 0.4) is 0 Å². The highest BCUT2D eigenvalue weighted by molar-refractivity contribution is 7.89. The van der Waals surface area contributed by atoms with E-state index in [0.717, 1.165) is 11.1 Å². The van der Waals surface area contributed by atoms with Crippen LogP contribution in [-0.2, 0) is 10.0 Å². The van der Waals surface area contributed by atoms with Crippen LogP contribution in [-0.4, -0.2) is 8.42 Å². The first-order valence-corrected chi connectivity index (χ1v) is 6.79. The van der Waals surface area contributed by atoms with Gasteiger partial charge in [-0.05, 0) is 23.8 Å². The van der Waals surface area contributed by atoms with Gasteiger partial charge in [0.05, 0.1) is 4.90 Å². The van der Waals surface area contributed by atoms with Gasteiger partial charge in [-0.2, -0.15) is 0 Å². The molecule has 0 unspecified atom stereocenters. The molecule has 0 spiro atoms. The Balaban J connectivity index is 2.47. The highest BCUT2D eigenvalue weighted by Gasteiger charge is 2.08. The predicted octanol–water partition coefficient (Wildman–Crippen LogP) is 2.65. The molecule has 5 heteroatoms. The second-order valence-corrected chi connectivity index (χ2v) is 5.52. The lowest BCUT2D eigenvalue weighted by atomic mass is 10.1. The minimum Gasteiger partial charge on any atom is -0.225 e. The molecule has 0 bridgehead atoms. The third kappa shape index (κ3) is 2.66. The summed E-state index contributed by atoms with van der Waals surface area (Å²) >= 11 is 6.05. The van der Waals surface area contributed by atoms with E-state index >= 15 is 0 Å². The zero-order valence-corrected chi connectivity index (χ0v) is 10.4. The van der Waals surface area contributed by atoms with Gasteiger partial charge in [0, 0.05) is 10.6 Å². The van der Waals surface area contributed by atoms with E-state index in [2.05, 4.69) is 0 Å². The zero-order valence-electron chi connectivity index (χ0n) is 8.80. The van der Waals surface area contributed by atoms with E-state index in [0.29, 0.717) is 5.02 Å². The summed E-state index contributed by atoms with van der Waals surface area (Å²) in [5.41, 5.74) is 1.71. The Morgan fingerprint density at radius 3 is 2.06 bits per heavy atom. The fraction of sp³-hybridized carbons (Fsp3) is 0. The van der Waals surface area contributed by atoms with Crippen molar-refractivity contribution in [3.63, 3.8) is 0 Å². The smallest absolute Gasteiger partial charge is 0.225 e. The van der Waals surface area contributed by atoms with Crippen molar-refractivity contribution < 1.29 is 8.42 Å². The monoisotopic (exact) mass is 267 g/mol. The Kier molecular flexibility index (Phi) is 3.19. The minimum absolute atomic E-state index is 0.0910. The molecule has 0 fully saturated rings. The molecule has 0 aromatic heterocycles. The molecular weight excluding hydrogens is 258 g/mol. The first kappa shape index (κ1) is 12.1. The summed E-state index contributed by atoms with van der Waals surface area (Å²) in [6, 6.07) is 13.7. The van der Waals surface area contributed by atoms with Gasteiger partial charge < -0.3 is 0 Å². The van der Waals surface area contributed by atoms with Crippen LogP contribution in [0.25, 0.3) is 11.1 Å². The normalized spacial score (nSPS) is 11.4. The van der Waals surface area contributed by atoms with Crippen LogP contribution in [0.1, 0.15) is 0 Å². The molecule has 2 rings (SSSR count). The molecule has 0 amide bonds. The molecule has 2 N–H and O–H groups in total. The number of halogens is 1. The van der Waals surface area contributed by atoms with E-state index in [-0.39, 0.29) is 4.90 Å². The maximum absolute atomic E-state index is 11.1. The van der Waals surface area contributed by atoms with E-state index in [4.69, 9.17) is 16.7 Å². The van der Waals surface area contributed by atoms with E-state index in [1.165, 1.54) is 12.1 Å². The molecule has 88 valence electrons. The minimum atomic E-state index is -3.64. The number of hydrogen-bond donors (Lipinski definition) is 1. The zero-order chi connectivity index (χ0) is 12.5. The van der Waals surface area contributed by atoms with E-state index < -0.39 is 10.0 Å². The van der Waals surface area contributed by atoms with Gasteiger partial charge in [-0.15, -0.1) is 0 Å². The summed E-state index contributed by atoms with van der Waals surface area (Å²) in [5, 5.41) is 5.64. The molecule has 0 saturated heterocycles. The molecule has 17 heavy (non-hydrogen) atoms. The molecule has 0 aliphatic rings. The Labute approximate surface area is 105 Å². The van der Waals surface area contributed by atoms with E-state index in [1.807, 2.05) is 18.2 Å². The highest BCUT2D eigenvalue weighted by atomic mass is 35.5. The molecule has 0 heterocycles. The molecule has 0 radical (unpaired) electrons. The van der Waals surface area contributed by atoms with Gasteiger partial charge in [-0.1, -0.05) is 41.9 Å². The van der Waals surface area contributed by atoms with Crippen molar-refractivity contribution in [1.82, 2.24) is 0 Å².